The third-order valence-corrected chi connectivity index (χ3v) is 4.12. The molecule has 0 radical (unpaired) electrons. The van der Waals surface area contributed by atoms with Crippen molar-refractivity contribution in [3.8, 4) is 0 Å². The molecule has 2 heteroatoms. The van der Waals surface area contributed by atoms with Gasteiger partial charge < -0.3 is 5.32 Å². The maximum atomic E-state index is 3.56. The molecule has 1 aromatic rings. The Kier molecular flexibility index (Phi) is 3.55. The van der Waals surface area contributed by atoms with Crippen LogP contribution < -0.4 is 5.32 Å². The van der Waals surface area contributed by atoms with E-state index in [0.29, 0.717) is 6.04 Å². The van der Waals surface area contributed by atoms with E-state index in [1.54, 1.807) is 0 Å². The molecule has 0 amide bonds. The van der Waals surface area contributed by atoms with E-state index in [1.807, 2.05) is 0 Å². The van der Waals surface area contributed by atoms with E-state index in [4.69, 9.17) is 0 Å². The quantitative estimate of drug-likeness (QED) is 0.791. The third kappa shape index (κ3) is 3.26. The smallest absolute Gasteiger partial charge is 0.0340 e. The Morgan fingerprint density at radius 1 is 1.17 bits per heavy atom. The first-order valence-corrected chi connectivity index (χ1v) is 7.37. The molecule has 1 N–H and O–H groups in total. The van der Waals surface area contributed by atoms with Crippen molar-refractivity contribution in [2.24, 2.45) is 5.92 Å². The SMILES string of the molecule is CC(CNc1ccccc1)N(CC1CC1)C1CC1. The number of benzene rings is 1. The molecule has 0 saturated heterocycles. The zero-order chi connectivity index (χ0) is 12.4. The normalized spacial score (nSPS) is 21.0. The lowest BCUT2D eigenvalue weighted by Gasteiger charge is -2.29. The Morgan fingerprint density at radius 2 is 1.89 bits per heavy atom. The van der Waals surface area contributed by atoms with Crippen LogP contribution in [0.1, 0.15) is 32.6 Å². The Balaban J connectivity index is 1.50. The second-order valence-electron chi connectivity index (χ2n) is 5.97. The van der Waals surface area contributed by atoms with Crippen LogP contribution in [0.5, 0.6) is 0 Å². The van der Waals surface area contributed by atoms with Crippen molar-refractivity contribution >= 4 is 5.69 Å². The van der Waals surface area contributed by atoms with Crippen molar-refractivity contribution in [3.63, 3.8) is 0 Å². The first kappa shape index (κ1) is 12.0. The van der Waals surface area contributed by atoms with Gasteiger partial charge in [-0.05, 0) is 50.7 Å². The van der Waals surface area contributed by atoms with E-state index >= 15 is 0 Å². The minimum Gasteiger partial charge on any atom is -0.383 e. The summed E-state index contributed by atoms with van der Waals surface area (Å²) in [5.74, 6) is 1.00. The molecule has 0 bridgehead atoms. The standard InChI is InChI=1S/C16H24N2/c1-13(11-17-15-5-3-2-4-6-15)18(16-9-10-16)12-14-7-8-14/h2-6,13-14,16-17H,7-12H2,1H3. The zero-order valence-corrected chi connectivity index (χ0v) is 11.3. The second kappa shape index (κ2) is 5.31. The number of nitrogens with one attached hydrogen (secondary N) is 1. The topological polar surface area (TPSA) is 15.3 Å². The summed E-state index contributed by atoms with van der Waals surface area (Å²) >= 11 is 0. The van der Waals surface area contributed by atoms with Gasteiger partial charge in [-0.1, -0.05) is 18.2 Å². The molecule has 2 fully saturated rings. The third-order valence-electron chi connectivity index (χ3n) is 4.12. The summed E-state index contributed by atoms with van der Waals surface area (Å²) in [5.41, 5.74) is 1.24. The van der Waals surface area contributed by atoms with Crippen molar-refractivity contribution < 1.29 is 0 Å². The van der Waals surface area contributed by atoms with E-state index in [9.17, 15) is 0 Å². The number of para-hydroxylation sites is 1. The number of anilines is 1. The van der Waals surface area contributed by atoms with Crippen LogP contribution in [0.3, 0.4) is 0 Å². The molecular formula is C16H24N2. The van der Waals surface area contributed by atoms with Crippen LogP contribution >= 0.6 is 0 Å². The molecule has 98 valence electrons. The molecule has 2 nitrogen and oxygen atoms in total. The summed E-state index contributed by atoms with van der Waals surface area (Å²) in [5, 5.41) is 3.56. The van der Waals surface area contributed by atoms with Gasteiger partial charge in [-0.25, -0.2) is 0 Å². The Bertz CT molecular complexity index is 368. The molecule has 0 aromatic heterocycles. The molecule has 1 atom stereocenters. The fourth-order valence-electron chi connectivity index (χ4n) is 2.63. The predicted molar refractivity (Wildman–Crippen MR) is 76.8 cm³/mol. The van der Waals surface area contributed by atoms with Crippen molar-refractivity contribution in [2.45, 2.75) is 44.7 Å². The lowest BCUT2D eigenvalue weighted by Crippen LogP contribution is -2.40. The predicted octanol–water partition coefficient (Wildman–Crippen LogP) is 3.36. The summed E-state index contributed by atoms with van der Waals surface area (Å²) in [6.07, 6.45) is 5.76. The average Bonchev–Trinajstić information content (AvgIpc) is 3.28. The highest BCUT2D eigenvalue weighted by molar-refractivity contribution is 5.42. The second-order valence-corrected chi connectivity index (χ2v) is 5.97. The van der Waals surface area contributed by atoms with Crippen LogP contribution in [0.2, 0.25) is 0 Å². The van der Waals surface area contributed by atoms with Gasteiger partial charge >= 0.3 is 0 Å². The van der Waals surface area contributed by atoms with Gasteiger partial charge in [0.1, 0.15) is 0 Å². The number of hydrogen-bond acceptors (Lipinski definition) is 2. The zero-order valence-electron chi connectivity index (χ0n) is 11.3. The highest BCUT2D eigenvalue weighted by Gasteiger charge is 2.35. The van der Waals surface area contributed by atoms with Gasteiger partial charge in [0.05, 0.1) is 0 Å². The van der Waals surface area contributed by atoms with E-state index in [0.717, 1.165) is 18.5 Å². The molecule has 18 heavy (non-hydrogen) atoms. The van der Waals surface area contributed by atoms with Crippen molar-refractivity contribution in [1.82, 2.24) is 4.90 Å². The average molecular weight is 244 g/mol. The number of hydrogen-bond donors (Lipinski definition) is 1. The lowest BCUT2D eigenvalue weighted by molar-refractivity contribution is 0.197. The first-order valence-electron chi connectivity index (χ1n) is 7.37. The number of rotatable bonds is 7. The monoisotopic (exact) mass is 244 g/mol. The highest BCUT2D eigenvalue weighted by Crippen LogP contribution is 2.35. The summed E-state index contributed by atoms with van der Waals surface area (Å²) in [4.78, 5) is 2.74. The molecule has 1 unspecified atom stereocenters. The van der Waals surface area contributed by atoms with Gasteiger partial charge in [-0.2, -0.15) is 0 Å². The molecule has 0 heterocycles. The van der Waals surface area contributed by atoms with Gasteiger partial charge in [-0.15, -0.1) is 0 Å². The Hall–Kier alpha value is -1.02. The lowest BCUT2D eigenvalue weighted by atomic mass is 10.2. The van der Waals surface area contributed by atoms with Crippen LogP contribution in [0, 0.1) is 5.92 Å². The van der Waals surface area contributed by atoms with Gasteiger partial charge in [-0.3, -0.25) is 4.90 Å². The van der Waals surface area contributed by atoms with Crippen molar-refractivity contribution in [3.05, 3.63) is 30.3 Å². The van der Waals surface area contributed by atoms with Gasteiger partial charge in [0.25, 0.3) is 0 Å². The van der Waals surface area contributed by atoms with Crippen molar-refractivity contribution in [1.29, 1.82) is 0 Å². The minimum atomic E-state index is 0.651. The van der Waals surface area contributed by atoms with Crippen LogP contribution in [0.15, 0.2) is 30.3 Å². The fraction of sp³-hybridized carbons (Fsp3) is 0.625. The molecule has 0 aliphatic heterocycles. The van der Waals surface area contributed by atoms with Crippen LogP contribution in [0.4, 0.5) is 5.69 Å². The van der Waals surface area contributed by atoms with Gasteiger partial charge in [0.2, 0.25) is 0 Å². The molecule has 1 aromatic carbocycles. The molecule has 2 saturated carbocycles. The summed E-state index contributed by atoms with van der Waals surface area (Å²) in [6.45, 7) is 4.77. The van der Waals surface area contributed by atoms with Crippen LogP contribution in [0.25, 0.3) is 0 Å². The van der Waals surface area contributed by atoms with E-state index in [-0.39, 0.29) is 0 Å². The van der Waals surface area contributed by atoms with Gasteiger partial charge in [0, 0.05) is 30.9 Å². The highest BCUT2D eigenvalue weighted by atomic mass is 15.2. The fourth-order valence-corrected chi connectivity index (χ4v) is 2.63. The summed E-state index contributed by atoms with van der Waals surface area (Å²) < 4.78 is 0. The molecular weight excluding hydrogens is 220 g/mol. The Labute approximate surface area is 110 Å². The van der Waals surface area contributed by atoms with Crippen molar-refractivity contribution in [2.75, 3.05) is 18.4 Å². The summed E-state index contributed by atoms with van der Waals surface area (Å²) in [6, 6.07) is 12.1. The van der Waals surface area contributed by atoms with E-state index in [2.05, 4.69) is 47.5 Å². The maximum Gasteiger partial charge on any atom is 0.0340 e. The number of nitrogens with zero attached hydrogens (tertiary/aromatic N) is 1. The van der Waals surface area contributed by atoms with Crippen LogP contribution in [-0.4, -0.2) is 30.1 Å². The molecule has 3 rings (SSSR count). The molecule has 2 aliphatic carbocycles. The Morgan fingerprint density at radius 3 is 2.50 bits per heavy atom. The molecule has 2 aliphatic rings. The largest absolute Gasteiger partial charge is 0.383 e. The van der Waals surface area contributed by atoms with Crippen LogP contribution in [-0.2, 0) is 0 Å². The first-order chi connectivity index (χ1) is 8.83. The summed E-state index contributed by atoms with van der Waals surface area (Å²) in [7, 11) is 0. The molecule has 0 spiro atoms. The van der Waals surface area contributed by atoms with Gasteiger partial charge in [0.15, 0.2) is 0 Å². The minimum absolute atomic E-state index is 0.651. The maximum absolute atomic E-state index is 3.56. The van der Waals surface area contributed by atoms with E-state index in [1.165, 1.54) is 37.9 Å². The van der Waals surface area contributed by atoms with E-state index < -0.39 is 0 Å².